The van der Waals surface area contributed by atoms with Gasteiger partial charge in [-0.05, 0) is 37.0 Å². The van der Waals surface area contributed by atoms with E-state index in [0.717, 1.165) is 12.0 Å². The Kier molecular flexibility index (Phi) is 10.6. The summed E-state index contributed by atoms with van der Waals surface area (Å²) in [4.78, 5) is 13.2. The van der Waals surface area contributed by atoms with E-state index < -0.39 is 20.3 Å². The van der Waals surface area contributed by atoms with E-state index >= 15 is 0 Å². The van der Waals surface area contributed by atoms with Gasteiger partial charge in [0, 0.05) is 17.8 Å². The lowest BCUT2D eigenvalue weighted by molar-refractivity contribution is -0.135. The Morgan fingerprint density at radius 2 is 1.58 bits per heavy atom. The van der Waals surface area contributed by atoms with E-state index in [-0.39, 0.29) is 34.9 Å². The van der Waals surface area contributed by atoms with Crippen molar-refractivity contribution in [2.75, 3.05) is 0 Å². The number of Topliss-reactive ketones (excluding diaryl/α,β-unsaturated/α-hetero) is 1. The molecule has 0 saturated heterocycles. The van der Waals surface area contributed by atoms with Crippen molar-refractivity contribution in [3.05, 3.63) is 35.9 Å². The fourth-order valence-corrected chi connectivity index (χ4v) is 5.14. The summed E-state index contributed by atoms with van der Waals surface area (Å²) in [7, 11) is -1.96. The van der Waals surface area contributed by atoms with Gasteiger partial charge < -0.3 is 14.3 Å². The molecule has 0 aliphatic carbocycles. The second kappa shape index (κ2) is 11.7. The van der Waals surface area contributed by atoms with Gasteiger partial charge in [-0.1, -0.05) is 78.8 Å². The van der Waals surface area contributed by atoms with Gasteiger partial charge in [-0.15, -0.1) is 0 Å². The van der Waals surface area contributed by atoms with Gasteiger partial charge in [0.2, 0.25) is 0 Å². The smallest absolute Gasteiger partial charge is 0.192 e. The SMILES string of the molecule is CC[C@H](OCc1ccccc1)[C@H](C)C(O)C(C)C(=O)[C@H](C)[C@H](C)O[Si](C)(C)C(C)(C)C. The summed E-state index contributed by atoms with van der Waals surface area (Å²) in [5.41, 5.74) is 1.11. The lowest BCUT2D eigenvalue weighted by atomic mass is 9.81. The molecule has 0 aliphatic heterocycles. The van der Waals surface area contributed by atoms with Crippen LogP contribution in [0.4, 0.5) is 0 Å². The highest BCUT2D eigenvalue weighted by molar-refractivity contribution is 6.74. The third-order valence-electron chi connectivity index (χ3n) is 7.24. The average Bonchev–Trinajstić information content (AvgIpc) is 2.71. The van der Waals surface area contributed by atoms with Gasteiger partial charge in [-0.3, -0.25) is 4.79 Å². The molecule has 1 N–H and O–H groups in total. The third kappa shape index (κ3) is 7.81. The topological polar surface area (TPSA) is 55.8 Å². The van der Waals surface area contributed by atoms with E-state index in [2.05, 4.69) is 40.8 Å². The second-order valence-corrected chi connectivity index (χ2v) is 15.4. The van der Waals surface area contributed by atoms with Crippen LogP contribution in [0.15, 0.2) is 30.3 Å². The molecule has 0 spiro atoms. The standard InChI is InChI=1S/C26H46O4Si/c1-11-23(29-17-22-15-13-12-14-16-22)19(3)25(28)20(4)24(27)18(2)21(5)30-31(9,10)26(6,7)8/h12-16,18-21,23,25,28H,11,17H2,1-10H3/t18-,19+,20?,21+,23+,25?/m1/s1. The van der Waals surface area contributed by atoms with Crippen molar-refractivity contribution >= 4 is 14.1 Å². The van der Waals surface area contributed by atoms with Gasteiger partial charge in [0.25, 0.3) is 0 Å². The molecule has 1 aromatic rings. The minimum atomic E-state index is -1.96. The highest BCUT2D eigenvalue weighted by Crippen LogP contribution is 2.38. The zero-order valence-electron chi connectivity index (χ0n) is 21.4. The molecule has 1 rings (SSSR count). The largest absolute Gasteiger partial charge is 0.414 e. The lowest BCUT2D eigenvalue weighted by Crippen LogP contribution is -2.47. The van der Waals surface area contributed by atoms with Gasteiger partial charge in [-0.25, -0.2) is 0 Å². The lowest BCUT2D eigenvalue weighted by Gasteiger charge is -2.40. The number of benzene rings is 1. The first-order valence-electron chi connectivity index (χ1n) is 11.8. The number of hydrogen-bond acceptors (Lipinski definition) is 4. The van der Waals surface area contributed by atoms with Crippen LogP contribution in [-0.4, -0.2) is 37.5 Å². The Bertz CT molecular complexity index is 668. The molecular weight excluding hydrogens is 404 g/mol. The molecule has 4 nitrogen and oxygen atoms in total. The first-order chi connectivity index (χ1) is 14.2. The molecule has 2 unspecified atom stereocenters. The maximum Gasteiger partial charge on any atom is 0.192 e. The molecule has 6 atom stereocenters. The van der Waals surface area contributed by atoms with Crippen LogP contribution in [0.1, 0.15) is 67.4 Å². The number of aliphatic hydroxyl groups is 1. The minimum Gasteiger partial charge on any atom is -0.414 e. The molecule has 0 amide bonds. The van der Waals surface area contributed by atoms with E-state index in [1.165, 1.54) is 0 Å². The maximum absolute atomic E-state index is 13.2. The number of carbonyl (C=O) groups excluding carboxylic acids is 1. The van der Waals surface area contributed by atoms with Crippen molar-refractivity contribution in [2.24, 2.45) is 17.8 Å². The third-order valence-corrected chi connectivity index (χ3v) is 11.8. The van der Waals surface area contributed by atoms with Crippen LogP contribution in [0.2, 0.25) is 18.1 Å². The van der Waals surface area contributed by atoms with Gasteiger partial charge >= 0.3 is 0 Å². The normalized spacial score (nSPS) is 18.7. The summed E-state index contributed by atoms with van der Waals surface area (Å²) in [5, 5.41) is 11.1. The Balaban J connectivity index is 2.75. The summed E-state index contributed by atoms with van der Waals surface area (Å²) in [6, 6.07) is 10.0. The molecule has 0 heterocycles. The summed E-state index contributed by atoms with van der Waals surface area (Å²) >= 11 is 0. The van der Waals surface area contributed by atoms with Crippen molar-refractivity contribution in [1.82, 2.24) is 0 Å². The summed E-state index contributed by atoms with van der Waals surface area (Å²) in [5.74, 6) is -0.818. The molecule has 0 saturated carbocycles. The molecule has 5 heteroatoms. The Hall–Kier alpha value is -1.01. The number of aliphatic hydroxyl groups excluding tert-OH is 1. The van der Waals surface area contributed by atoms with Crippen LogP contribution in [-0.2, 0) is 20.6 Å². The van der Waals surface area contributed by atoms with Crippen molar-refractivity contribution in [3.63, 3.8) is 0 Å². The second-order valence-electron chi connectivity index (χ2n) is 10.7. The molecule has 31 heavy (non-hydrogen) atoms. The maximum atomic E-state index is 13.2. The van der Waals surface area contributed by atoms with E-state index in [1.807, 2.05) is 58.0 Å². The predicted molar refractivity (Wildman–Crippen MR) is 132 cm³/mol. The number of ketones is 1. The average molecular weight is 451 g/mol. The highest BCUT2D eigenvalue weighted by Gasteiger charge is 2.41. The Labute approximate surface area is 191 Å². The monoisotopic (exact) mass is 450 g/mol. The zero-order chi connectivity index (χ0) is 24.0. The summed E-state index contributed by atoms with van der Waals surface area (Å²) < 4.78 is 12.6. The first kappa shape index (κ1) is 28.0. The van der Waals surface area contributed by atoms with Gasteiger partial charge in [0.05, 0.1) is 24.9 Å². The molecule has 0 aliphatic rings. The van der Waals surface area contributed by atoms with Gasteiger partial charge in [0.15, 0.2) is 8.32 Å². The quantitative estimate of drug-likeness (QED) is 0.383. The van der Waals surface area contributed by atoms with Crippen LogP contribution in [0.5, 0.6) is 0 Å². The highest BCUT2D eigenvalue weighted by atomic mass is 28.4. The van der Waals surface area contributed by atoms with Gasteiger partial charge in [-0.2, -0.15) is 0 Å². The van der Waals surface area contributed by atoms with Crippen LogP contribution >= 0.6 is 0 Å². The van der Waals surface area contributed by atoms with Crippen LogP contribution < -0.4 is 0 Å². The minimum absolute atomic E-state index is 0.0588. The molecule has 0 aromatic heterocycles. The van der Waals surface area contributed by atoms with E-state index in [9.17, 15) is 9.90 Å². The zero-order valence-corrected chi connectivity index (χ0v) is 22.4. The van der Waals surface area contributed by atoms with Crippen molar-refractivity contribution in [1.29, 1.82) is 0 Å². The number of carbonyl (C=O) groups is 1. The molecule has 0 bridgehead atoms. The van der Waals surface area contributed by atoms with Gasteiger partial charge in [0.1, 0.15) is 5.78 Å². The van der Waals surface area contributed by atoms with E-state index in [0.29, 0.717) is 6.61 Å². The van der Waals surface area contributed by atoms with Crippen LogP contribution in [0.3, 0.4) is 0 Å². The first-order valence-corrected chi connectivity index (χ1v) is 14.7. The fourth-order valence-electron chi connectivity index (χ4n) is 3.65. The predicted octanol–water partition coefficient (Wildman–Crippen LogP) is 6.23. The summed E-state index contributed by atoms with van der Waals surface area (Å²) in [6.45, 7) is 21.3. The summed E-state index contributed by atoms with van der Waals surface area (Å²) in [6.07, 6.45) is -0.251. The van der Waals surface area contributed by atoms with Crippen molar-refractivity contribution < 1.29 is 19.1 Å². The van der Waals surface area contributed by atoms with Crippen LogP contribution in [0.25, 0.3) is 0 Å². The molecule has 178 valence electrons. The molecule has 0 fully saturated rings. The molecule has 0 radical (unpaired) electrons. The Morgan fingerprint density at radius 3 is 2.06 bits per heavy atom. The van der Waals surface area contributed by atoms with Crippen molar-refractivity contribution in [3.8, 4) is 0 Å². The van der Waals surface area contributed by atoms with Crippen LogP contribution in [0, 0.1) is 17.8 Å². The Morgan fingerprint density at radius 1 is 1.03 bits per heavy atom. The molecular formula is C26H46O4Si. The van der Waals surface area contributed by atoms with Crippen molar-refractivity contribution in [2.45, 2.75) is 105 Å². The van der Waals surface area contributed by atoms with E-state index in [4.69, 9.17) is 9.16 Å². The molecule has 1 aromatic carbocycles. The fraction of sp³-hybridized carbons (Fsp3) is 0.731. The number of rotatable bonds is 12. The van der Waals surface area contributed by atoms with E-state index in [1.54, 1.807) is 0 Å². The number of hydrogen-bond donors (Lipinski definition) is 1. The number of ether oxygens (including phenoxy) is 1.